The van der Waals surface area contributed by atoms with Crippen molar-refractivity contribution in [2.24, 2.45) is 11.8 Å². The number of alkyl halides is 2. The van der Waals surface area contributed by atoms with Crippen molar-refractivity contribution in [2.75, 3.05) is 31.5 Å². The SMILES string of the molecule is Cc1cc(C(=O)NC2CN(C(=O)OC(C)(C)C)CC(F)(F)C2)ccc1-c1ccc(CC(NCC2CCC(CNC(=O)OC(C)(C)C)CC2)C(=O)Nc2ccc(-c3nn[nH]n3)c(F)c2)cc1. The Labute approximate surface area is 377 Å². The molecule has 1 aliphatic carbocycles. The number of hydrogen-bond donors (Lipinski definition) is 5. The van der Waals surface area contributed by atoms with Crippen LogP contribution in [0.1, 0.15) is 95.1 Å². The molecule has 4 aromatic rings. The predicted octanol–water partition coefficient (Wildman–Crippen LogP) is 7.83. The number of carbonyl (C=O) groups excluding carboxylic acids is 4. The number of aryl methyl sites for hydroxylation is 1. The zero-order valence-electron chi connectivity index (χ0n) is 38.0. The van der Waals surface area contributed by atoms with Crippen molar-refractivity contribution in [2.45, 2.75) is 116 Å². The summed E-state index contributed by atoms with van der Waals surface area (Å²) in [5, 5.41) is 25.4. The van der Waals surface area contributed by atoms with Crippen LogP contribution in [0.3, 0.4) is 0 Å². The van der Waals surface area contributed by atoms with Crippen LogP contribution in [0.2, 0.25) is 0 Å². The average Bonchev–Trinajstić information content (AvgIpc) is 3.75. The molecule has 65 heavy (non-hydrogen) atoms. The lowest BCUT2D eigenvalue weighted by Crippen LogP contribution is -2.57. The molecule has 0 spiro atoms. The minimum Gasteiger partial charge on any atom is -0.444 e. The number of halogens is 3. The second-order valence-corrected chi connectivity index (χ2v) is 19.2. The number of H-pyrrole nitrogens is 1. The lowest BCUT2D eigenvalue weighted by Gasteiger charge is -2.38. The molecule has 1 aromatic heterocycles. The van der Waals surface area contributed by atoms with Crippen molar-refractivity contribution >= 4 is 29.7 Å². The molecule has 4 amide bonds. The number of rotatable bonds is 13. The quantitative estimate of drug-likeness (QED) is 0.0884. The van der Waals surface area contributed by atoms with Crippen LogP contribution in [-0.4, -0.2) is 105 Å². The zero-order chi connectivity index (χ0) is 47.1. The number of piperidine rings is 1. The molecule has 2 aliphatic rings. The van der Waals surface area contributed by atoms with Crippen LogP contribution in [0, 0.1) is 24.6 Å². The predicted molar refractivity (Wildman–Crippen MR) is 239 cm³/mol. The Morgan fingerprint density at radius 2 is 1.54 bits per heavy atom. The van der Waals surface area contributed by atoms with E-state index in [1.54, 1.807) is 45.0 Å². The lowest BCUT2D eigenvalue weighted by molar-refractivity contribution is -0.118. The van der Waals surface area contributed by atoms with E-state index in [2.05, 4.69) is 41.9 Å². The van der Waals surface area contributed by atoms with Gasteiger partial charge in [-0.15, -0.1) is 10.2 Å². The zero-order valence-corrected chi connectivity index (χ0v) is 38.0. The molecule has 18 heteroatoms. The summed E-state index contributed by atoms with van der Waals surface area (Å²) in [6, 6.07) is 15.5. The summed E-state index contributed by atoms with van der Waals surface area (Å²) in [7, 11) is 0. The summed E-state index contributed by atoms with van der Waals surface area (Å²) < 4.78 is 55.2. The van der Waals surface area contributed by atoms with Crippen molar-refractivity contribution in [3.05, 3.63) is 83.2 Å². The van der Waals surface area contributed by atoms with E-state index in [0.29, 0.717) is 31.3 Å². The van der Waals surface area contributed by atoms with Crippen molar-refractivity contribution in [1.82, 2.24) is 41.5 Å². The highest BCUT2D eigenvalue weighted by molar-refractivity contribution is 5.96. The largest absolute Gasteiger partial charge is 0.444 e. The van der Waals surface area contributed by atoms with Crippen molar-refractivity contribution in [3.63, 3.8) is 0 Å². The van der Waals surface area contributed by atoms with E-state index in [-0.39, 0.29) is 35.1 Å². The first-order chi connectivity index (χ1) is 30.6. The van der Waals surface area contributed by atoms with Crippen LogP contribution in [-0.2, 0) is 20.7 Å². The first kappa shape index (κ1) is 48.4. The minimum absolute atomic E-state index is 0.0919. The molecule has 2 atom stereocenters. The Morgan fingerprint density at radius 1 is 0.877 bits per heavy atom. The number of amides is 4. The van der Waals surface area contributed by atoms with E-state index < -0.39 is 66.1 Å². The fraction of sp³-hybridized carbons (Fsp3) is 0.511. The lowest BCUT2D eigenvalue weighted by atomic mass is 9.82. The van der Waals surface area contributed by atoms with Gasteiger partial charge in [-0.2, -0.15) is 5.21 Å². The highest BCUT2D eigenvalue weighted by Crippen LogP contribution is 2.31. The summed E-state index contributed by atoms with van der Waals surface area (Å²) in [6.07, 6.45) is 2.12. The van der Waals surface area contributed by atoms with E-state index in [1.165, 1.54) is 12.1 Å². The van der Waals surface area contributed by atoms with Crippen LogP contribution in [0.4, 0.5) is 28.4 Å². The van der Waals surface area contributed by atoms with Gasteiger partial charge in [-0.3, -0.25) is 9.59 Å². The third-order valence-corrected chi connectivity index (χ3v) is 11.3. The number of nitrogens with zero attached hydrogens (tertiary/aromatic N) is 4. The molecule has 1 saturated heterocycles. The number of carbonyl (C=O) groups is 4. The molecule has 2 unspecified atom stereocenters. The Bertz CT molecular complexity index is 2290. The van der Waals surface area contributed by atoms with Crippen LogP contribution < -0.4 is 21.3 Å². The maximum Gasteiger partial charge on any atom is 0.410 e. The fourth-order valence-electron chi connectivity index (χ4n) is 8.14. The van der Waals surface area contributed by atoms with Gasteiger partial charge in [0, 0.05) is 30.8 Å². The number of anilines is 1. The van der Waals surface area contributed by atoms with Crippen LogP contribution in [0.5, 0.6) is 0 Å². The molecule has 1 saturated carbocycles. The first-order valence-electron chi connectivity index (χ1n) is 22.0. The molecular formula is C47H60F3N9O6. The van der Waals surface area contributed by atoms with Gasteiger partial charge in [0.15, 0.2) is 0 Å². The molecule has 350 valence electrons. The first-order valence-corrected chi connectivity index (χ1v) is 22.0. The Hall–Kier alpha value is -6.04. The Kier molecular flexibility index (Phi) is 15.2. The standard InChI is InChI=1S/C47H60F3N9O6/c1-28-20-33(41(60)54-35-23-47(49,50)27-59(26-35)44(63)65-46(5,6)7)16-18-36(28)32-14-12-29(13-15-32)21-39(42(61)53-34-17-19-37(38(48)22-34)40-55-57-58-56-40)51-24-30-8-10-31(11-9-30)25-52-43(62)64-45(2,3)4/h12-20,22,30-31,35,39,51H,8-11,21,23-27H2,1-7H3,(H,52,62)(H,53,61)(H,54,60)(H,55,56,57,58). The Morgan fingerprint density at radius 3 is 2.15 bits per heavy atom. The van der Waals surface area contributed by atoms with Gasteiger partial charge in [0.2, 0.25) is 11.7 Å². The van der Waals surface area contributed by atoms with E-state index in [9.17, 15) is 28.0 Å². The summed E-state index contributed by atoms with van der Waals surface area (Å²) in [5.74, 6) is -3.97. The number of aromatic nitrogens is 4. The number of ether oxygens (including phenoxy) is 2. The third kappa shape index (κ3) is 14.2. The second-order valence-electron chi connectivity index (χ2n) is 19.2. The van der Waals surface area contributed by atoms with Crippen LogP contribution in [0.15, 0.2) is 60.7 Å². The molecular weight excluding hydrogens is 844 g/mol. The van der Waals surface area contributed by atoms with Gasteiger partial charge in [-0.05, 0) is 157 Å². The Balaban J connectivity index is 1.09. The van der Waals surface area contributed by atoms with Gasteiger partial charge >= 0.3 is 12.2 Å². The van der Waals surface area contributed by atoms with Gasteiger partial charge < -0.3 is 35.6 Å². The van der Waals surface area contributed by atoms with Gasteiger partial charge in [0.1, 0.15) is 17.0 Å². The van der Waals surface area contributed by atoms with Gasteiger partial charge in [0.25, 0.3) is 11.8 Å². The molecule has 1 aliphatic heterocycles. The van der Waals surface area contributed by atoms with E-state index in [4.69, 9.17) is 9.47 Å². The molecule has 0 radical (unpaired) electrons. The normalized spacial score (nSPS) is 19.2. The van der Waals surface area contributed by atoms with E-state index in [1.807, 2.05) is 52.0 Å². The molecule has 5 N–H and O–H groups in total. The van der Waals surface area contributed by atoms with E-state index >= 15 is 4.39 Å². The second kappa shape index (κ2) is 20.4. The number of tetrazole rings is 1. The molecule has 2 fully saturated rings. The monoisotopic (exact) mass is 903 g/mol. The van der Waals surface area contributed by atoms with Crippen molar-refractivity contribution < 1.29 is 41.8 Å². The molecule has 6 rings (SSSR count). The number of hydrogen-bond acceptors (Lipinski definition) is 10. The minimum atomic E-state index is -3.20. The molecule has 2 heterocycles. The highest BCUT2D eigenvalue weighted by Gasteiger charge is 2.44. The third-order valence-electron chi connectivity index (χ3n) is 11.3. The van der Waals surface area contributed by atoms with Gasteiger partial charge in [-0.1, -0.05) is 30.3 Å². The smallest absolute Gasteiger partial charge is 0.410 e. The highest BCUT2D eigenvalue weighted by atomic mass is 19.3. The number of likely N-dealkylation sites (tertiary alicyclic amines) is 1. The van der Waals surface area contributed by atoms with Gasteiger partial charge in [-0.25, -0.2) is 22.8 Å². The van der Waals surface area contributed by atoms with Gasteiger partial charge in [0.05, 0.1) is 24.2 Å². The number of benzene rings is 3. The number of alkyl carbamates (subject to hydrolysis) is 1. The number of aromatic amines is 1. The molecule has 3 aromatic carbocycles. The maximum absolute atomic E-state index is 15.1. The molecule has 15 nitrogen and oxygen atoms in total. The van der Waals surface area contributed by atoms with Crippen LogP contribution in [0.25, 0.3) is 22.5 Å². The van der Waals surface area contributed by atoms with Crippen molar-refractivity contribution in [1.29, 1.82) is 0 Å². The van der Waals surface area contributed by atoms with Crippen molar-refractivity contribution in [3.8, 4) is 22.5 Å². The maximum atomic E-state index is 15.1. The van der Waals surface area contributed by atoms with Crippen LogP contribution >= 0.6 is 0 Å². The topological polar surface area (TPSA) is 193 Å². The summed E-state index contributed by atoms with van der Waals surface area (Å²) in [5.41, 5.74) is 2.63. The average molecular weight is 904 g/mol. The fourth-order valence-corrected chi connectivity index (χ4v) is 8.14. The summed E-state index contributed by atoms with van der Waals surface area (Å²) in [6.45, 7) is 12.5. The number of nitrogens with one attached hydrogen (secondary N) is 5. The van der Waals surface area contributed by atoms with E-state index in [0.717, 1.165) is 52.8 Å². The summed E-state index contributed by atoms with van der Waals surface area (Å²) in [4.78, 5) is 52.9. The summed E-state index contributed by atoms with van der Waals surface area (Å²) >= 11 is 0. The molecule has 0 bridgehead atoms.